The highest BCUT2D eigenvalue weighted by atomic mass is 79.9. The second kappa shape index (κ2) is 7.66. The molecule has 0 atom stereocenters. The number of benzene rings is 2. The lowest BCUT2D eigenvalue weighted by molar-refractivity contribution is 0.559. The lowest BCUT2D eigenvalue weighted by atomic mass is 10.1. The minimum absolute atomic E-state index is 0.0685. The fraction of sp³-hybridized carbons (Fsp3) is 0.0526. The highest BCUT2D eigenvalue weighted by molar-refractivity contribution is 9.10. The van der Waals surface area contributed by atoms with Crippen LogP contribution in [0.2, 0.25) is 10.0 Å². The summed E-state index contributed by atoms with van der Waals surface area (Å²) in [5, 5.41) is 8.04. The van der Waals surface area contributed by atoms with Gasteiger partial charge in [0, 0.05) is 23.7 Å². The first-order valence-electron chi connectivity index (χ1n) is 8.11. The Labute approximate surface area is 177 Å². The van der Waals surface area contributed by atoms with Gasteiger partial charge in [0.1, 0.15) is 17.5 Å². The Balaban J connectivity index is 1.80. The average Bonchev–Trinajstić information content (AvgIpc) is 3.04. The van der Waals surface area contributed by atoms with E-state index < -0.39 is 11.6 Å². The van der Waals surface area contributed by atoms with Crippen molar-refractivity contribution < 1.29 is 8.78 Å². The van der Waals surface area contributed by atoms with Crippen molar-refractivity contribution in [2.45, 2.75) is 6.54 Å². The van der Waals surface area contributed by atoms with E-state index in [1.54, 1.807) is 30.5 Å². The zero-order chi connectivity index (χ0) is 19.8. The molecule has 0 bridgehead atoms. The first kappa shape index (κ1) is 19.1. The summed E-state index contributed by atoms with van der Waals surface area (Å²) in [5.41, 5.74) is 1.62. The molecule has 0 aliphatic rings. The minimum atomic E-state index is -0.627. The maximum Gasteiger partial charge on any atom is 0.172 e. The number of nitrogens with one attached hydrogen (secondary N) is 1. The third-order valence-electron chi connectivity index (χ3n) is 4.16. The summed E-state index contributed by atoms with van der Waals surface area (Å²) in [6.07, 6.45) is 1.58. The van der Waals surface area contributed by atoms with Gasteiger partial charge < -0.3 is 5.32 Å². The van der Waals surface area contributed by atoms with Crippen LogP contribution in [0.4, 0.5) is 14.6 Å². The van der Waals surface area contributed by atoms with Gasteiger partial charge >= 0.3 is 0 Å². The molecular weight excluding hydrogens is 473 g/mol. The van der Waals surface area contributed by atoms with E-state index in [0.717, 1.165) is 0 Å². The molecule has 2 aromatic carbocycles. The maximum atomic E-state index is 14.0. The van der Waals surface area contributed by atoms with Crippen molar-refractivity contribution in [2.75, 3.05) is 5.32 Å². The van der Waals surface area contributed by atoms with E-state index in [1.165, 1.54) is 22.7 Å². The number of aromatic nitrogens is 3. The molecule has 0 amide bonds. The molecule has 0 aliphatic carbocycles. The van der Waals surface area contributed by atoms with Gasteiger partial charge in [-0.25, -0.2) is 13.8 Å². The molecule has 0 saturated carbocycles. The van der Waals surface area contributed by atoms with Gasteiger partial charge in [0.2, 0.25) is 0 Å². The number of halogens is 5. The summed E-state index contributed by atoms with van der Waals surface area (Å²) >= 11 is 15.9. The summed E-state index contributed by atoms with van der Waals surface area (Å²) in [6, 6.07) is 10.7. The van der Waals surface area contributed by atoms with E-state index in [4.69, 9.17) is 23.2 Å². The molecule has 0 spiro atoms. The Kier molecular flexibility index (Phi) is 5.23. The van der Waals surface area contributed by atoms with Gasteiger partial charge in [0.25, 0.3) is 0 Å². The van der Waals surface area contributed by atoms with Gasteiger partial charge in [-0.2, -0.15) is 9.61 Å². The van der Waals surface area contributed by atoms with Gasteiger partial charge in [-0.15, -0.1) is 0 Å². The molecule has 0 unspecified atom stereocenters. The van der Waals surface area contributed by atoms with E-state index in [-0.39, 0.29) is 12.1 Å². The summed E-state index contributed by atoms with van der Waals surface area (Å²) < 4.78 is 30.1. The van der Waals surface area contributed by atoms with Crippen LogP contribution in [0, 0.1) is 11.6 Å². The summed E-state index contributed by atoms with van der Waals surface area (Å²) in [6.45, 7) is -0.0716. The van der Waals surface area contributed by atoms with Crippen LogP contribution >= 0.6 is 39.1 Å². The van der Waals surface area contributed by atoms with Crippen LogP contribution in [0.1, 0.15) is 5.56 Å². The van der Waals surface area contributed by atoms with Crippen LogP contribution in [-0.4, -0.2) is 14.6 Å². The maximum absolute atomic E-state index is 14.0. The number of fused-ring (bicyclic) bond motifs is 1. The second-order valence-corrected chi connectivity index (χ2v) is 7.55. The van der Waals surface area contributed by atoms with E-state index in [1.807, 2.05) is 0 Å². The molecule has 0 fully saturated rings. The predicted octanol–water partition coefficient (Wildman–Crippen LogP) is 6.36. The number of rotatable bonds is 4. The third kappa shape index (κ3) is 3.45. The van der Waals surface area contributed by atoms with Crippen molar-refractivity contribution >= 4 is 50.6 Å². The highest BCUT2D eigenvalue weighted by Crippen LogP contribution is 2.34. The molecule has 4 aromatic rings. The number of hydrogen-bond acceptors (Lipinski definition) is 3. The van der Waals surface area contributed by atoms with Gasteiger partial charge in [-0.1, -0.05) is 41.4 Å². The molecule has 0 radical (unpaired) electrons. The van der Waals surface area contributed by atoms with E-state index >= 15 is 0 Å². The monoisotopic (exact) mass is 482 g/mol. The third-order valence-corrected chi connectivity index (χ3v) is 5.54. The molecule has 4 nitrogen and oxygen atoms in total. The molecule has 4 rings (SSSR count). The Hall–Kier alpha value is -2.22. The van der Waals surface area contributed by atoms with E-state index in [0.29, 0.717) is 37.2 Å². The SMILES string of the molecule is Fc1cccc(F)c1CNc1cc(-c2cccc(Cl)c2Cl)nc2c(Br)cnn12. The number of anilines is 1. The van der Waals surface area contributed by atoms with Crippen LogP contribution < -0.4 is 5.32 Å². The molecule has 2 heterocycles. The fourth-order valence-corrected chi connectivity index (χ4v) is 3.53. The number of nitrogens with zero attached hydrogens (tertiary/aromatic N) is 3. The Morgan fingerprint density at radius 2 is 1.79 bits per heavy atom. The molecule has 9 heteroatoms. The molecule has 28 heavy (non-hydrogen) atoms. The molecule has 0 aliphatic heterocycles. The van der Waals surface area contributed by atoms with Crippen molar-refractivity contribution in [3.05, 3.63) is 80.4 Å². The molecular formula is C19H11BrCl2F2N4. The van der Waals surface area contributed by atoms with E-state index in [9.17, 15) is 8.78 Å². The summed E-state index contributed by atoms with van der Waals surface area (Å²) in [4.78, 5) is 4.58. The average molecular weight is 484 g/mol. The Bertz CT molecular complexity index is 1180. The van der Waals surface area contributed by atoms with Gasteiger partial charge in [0.05, 0.1) is 26.4 Å². The van der Waals surface area contributed by atoms with Gasteiger partial charge in [-0.3, -0.25) is 0 Å². The lowest BCUT2D eigenvalue weighted by Gasteiger charge is -2.13. The summed E-state index contributed by atoms with van der Waals surface area (Å²) in [5.74, 6) is -0.764. The number of hydrogen-bond donors (Lipinski definition) is 1. The van der Waals surface area contributed by atoms with Gasteiger partial charge in [-0.05, 0) is 34.1 Å². The van der Waals surface area contributed by atoms with Crippen LogP contribution in [0.5, 0.6) is 0 Å². The minimum Gasteiger partial charge on any atom is -0.366 e. The second-order valence-electron chi connectivity index (χ2n) is 5.91. The highest BCUT2D eigenvalue weighted by Gasteiger charge is 2.15. The quantitative estimate of drug-likeness (QED) is 0.367. The first-order valence-corrected chi connectivity index (χ1v) is 9.66. The van der Waals surface area contributed by atoms with Crippen LogP contribution in [-0.2, 0) is 6.54 Å². The van der Waals surface area contributed by atoms with Crippen LogP contribution in [0.3, 0.4) is 0 Å². The zero-order valence-electron chi connectivity index (χ0n) is 14.1. The molecule has 142 valence electrons. The van der Waals surface area contributed by atoms with Gasteiger partial charge in [0.15, 0.2) is 5.65 Å². The Morgan fingerprint density at radius 1 is 1.07 bits per heavy atom. The smallest absolute Gasteiger partial charge is 0.172 e. The topological polar surface area (TPSA) is 42.2 Å². The van der Waals surface area contributed by atoms with Crippen molar-refractivity contribution in [1.82, 2.24) is 14.6 Å². The largest absolute Gasteiger partial charge is 0.366 e. The molecule has 1 N–H and O–H groups in total. The fourth-order valence-electron chi connectivity index (χ4n) is 2.78. The van der Waals surface area contributed by atoms with Crippen LogP contribution in [0.25, 0.3) is 16.9 Å². The molecule has 2 aromatic heterocycles. The predicted molar refractivity (Wildman–Crippen MR) is 110 cm³/mol. The van der Waals surface area contributed by atoms with Crippen molar-refractivity contribution in [3.63, 3.8) is 0 Å². The standard InChI is InChI=1S/C19H11BrCl2F2N4/c20-12-9-26-28-17(25-8-11-14(23)5-2-6-15(11)24)7-16(27-19(12)28)10-3-1-4-13(21)18(10)22/h1-7,9,25H,8H2. The zero-order valence-corrected chi connectivity index (χ0v) is 17.2. The molecule has 0 saturated heterocycles. The van der Waals surface area contributed by atoms with Crippen molar-refractivity contribution in [3.8, 4) is 11.3 Å². The van der Waals surface area contributed by atoms with Crippen molar-refractivity contribution in [1.29, 1.82) is 0 Å². The normalized spacial score (nSPS) is 11.2. The summed E-state index contributed by atoms with van der Waals surface area (Å²) in [7, 11) is 0. The van der Waals surface area contributed by atoms with Crippen LogP contribution in [0.15, 0.2) is 53.1 Å². The van der Waals surface area contributed by atoms with E-state index in [2.05, 4.69) is 31.3 Å². The van der Waals surface area contributed by atoms with Crippen molar-refractivity contribution in [2.24, 2.45) is 0 Å². The Morgan fingerprint density at radius 3 is 2.54 bits per heavy atom. The lowest BCUT2D eigenvalue weighted by Crippen LogP contribution is -2.09. The first-order chi connectivity index (χ1) is 13.5.